The molecule has 0 bridgehead atoms. The average Bonchev–Trinajstić information content (AvgIpc) is 3.14. The predicted octanol–water partition coefficient (Wildman–Crippen LogP) is 3.97. The molecule has 4 aromatic rings. The van der Waals surface area contributed by atoms with Crippen molar-refractivity contribution in [2.75, 3.05) is 6.61 Å². The van der Waals surface area contributed by atoms with E-state index in [9.17, 15) is 9.59 Å². The third-order valence-corrected chi connectivity index (χ3v) is 4.75. The topological polar surface area (TPSA) is 75.0 Å². The standard InChI is InChI=1S/C22H20N2O3/c1-2-27-22(26)17-13-23-20-19(17)16-12-15(10-11-18(16)24-21(20)25)9-8-14-6-4-3-5-7-14/h3-7,10-13,23H,2,8-9H2,1H3,(H,24,25). The summed E-state index contributed by atoms with van der Waals surface area (Å²) >= 11 is 0. The number of aromatic nitrogens is 2. The number of carbonyl (C=O) groups is 1. The molecule has 2 aromatic heterocycles. The summed E-state index contributed by atoms with van der Waals surface area (Å²) in [5, 5.41) is 1.47. The molecular formula is C22H20N2O3. The van der Waals surface area contributed by atoms with Gasteiger partial charge < -0.3 is 14.7 Å². The van der Waals surface area contributed by atoms with E-state index < -0.39 is 5.97 Å². The van der Waals surface area contributed by atoms with Crippen LogP contribution in [0.1, 0.15) is 28.4 Å². The highest BCUT2D eigenvalue weighted by Crippen LogP contribution is 2.26. The molecule has 27 heavy (non-hydrogen) atoms. The van der Waals surface area contributed by atoms with Crippen molar-refractivity contribution < 1.29 is 9.53 Å². The van der Waals surface area contributed by atoms with E-state index in [0.717, 1.165) is 23.8 Å². The minimum atomic E-state index is -0.426. The highest BCUT2D eigenvalue weighted by molar-refractivity contribution is 6.15. The van der Waals surface area contributed by atoms with Crippen LogP contribution in [-0.2, 0) is 17.6 Å². The second-order valence-corrected chi connectivity index (χ2v) is 6.49. The summed E-state index contributed by atoms with van der Waals surface area (Å²) in [6.45, 7) is 2.05. The van der Waals surface area contributed by atoms with E-state index in [-0.39, 0.29) is 12.2 Å². The quantitative estimate of drug-likeness (QED) is 0.529. The summed E-state index contributed by atoms with van der Waals surface area (Å²) in [7, 11) is 0. The van der Waals surface area contributed by atoms with Gasteiger partial charge in [-0.3, -0.25) is 4.79 Å². The van der Waals surface area contributed by atoms with E-state index in [1.807, 2.05) is 36.4 Å². The first-order valence-electron chi connectivity index (χ1n) is 9.04. The minimum Gasteiger partial charge on any atom is -0.462 e. The number of benzene rings is 2. The van der Waals surface area contributed by atoms with Crippen LogP contribution in [-0.4, -0.2) is 22.5 Å². The lowest BCUT2D eigenvalue weighted by molar-refractivity contribution is 0.0529. The van der Waals surface area contributed by atoms with Crippen molar-refractivity contribution in [3.8, 4) is 0 Å². The zero-order valence-corrected chi connectivity index (χ0v) is 15.0. The third-order valence-electron chi connectivity index (χ3n) is 4.75. The molecule has 0 saturated carbocycles. The lowest BCUT2D eigenvalue weighted by Crippen LogP contribution is -2.08. The molecule has 0 atom stereocenters. The van der Waals surface area contributed by atoms with Crippen LogP contribution in [0.4, 0.5) is 0 Å². The van der Waals surface area contributed by atoms with Crippen LogP contribution in [0.2, 0.25) is 0 Å². The van der Waals surface area contributed by atoms with Gasteiger partial charge in [-0.15, -0.1) is 0 Å². The summed E-state index contributed by atoms with van der Waals surface area (Å²) in [6.07, 6.45) is 3.35. The van der Waals surface area contributed by atoms with E-state index in [4.69, 9.17) is 4.74 Å². The molecule has 5 heteroatoms. The van der Waals surface area contributed by atoms with Crippen molar-refractivity contribution in [1.82, 2.24) is 9.97 Å². The van der Waals surface area contributed by atoms with Crippen LogP contribution in [0.5, 0.6) is 0 Å². The molecule has 0 amide bonds. The van der Waals surface area contributed by atoms with Crippen molar-refractivity contribution in [3.05, 3.63) is 81.8 Å². The molecule has 2 heterocycles. The number of hydrogen-bond acceptors (Lipinski definition) is 3. The number of rotatable bonds is 5. The van der Waals surface area contributed by atoms with Crippen LogP contribution in [0.15, 0.2) is 59.5 Å². The molecule has 0 aliphatic heterocycles. The first-order valence-corrected chi connectivity index (χ1v) is 9.04. The zero-order valence-electron chi connectivity index (χ0n) is 15.0. The van der Waals surface area contributed by atoms with Gasteiger partial charge in [0.25, 0.3) is 5.56 Å². The van der Waals surface area contributed by atoms with Crippen molar-refractivity contribution in [1.29, 1.82) is 0 Å². The number of aromatic amines is 2. The van der Waals surface area contributed by atoms with Crippen LogP contribution < -0.4 is 5.56 Å². The number of fused-ring (bicyclic) bond motifs is 3. The lowest BCUT2D eigenvalue weighted by Gasteiger charge is -2.07. The van der Waals surface area contributed by atoms with Crippen molar-refractivity contribution in [2.24, 2.45) is 0 Å². The number of ether oxygens (including phenoxy) is 1. The largest absolute Gasteiger partial charge is 0.462 e. The van der Waals surface area contributed by atoms with Gasteiger partial charge in [-0.25, -0.2) is 4.79 Å². The van der Waals surface area contributed by atoms with Crippen LogP contribution in [0, 0.1) is 0 Å². The smallest absolute Gasteiger partial charge is 0.340 e. The lowest BCUT2D eigenvalue weighted by atomic mass is 10.0. The molecule has 4 rings (SSSR count). The highest BCUT2D eigenvalue weighted by Gasteiger charge is 2.18. The van der Waals surface area contributed by atoms with Gasteiger partial charge in [0.05, 0.1) is 12.2 Å². The number of pyridine rings is 1. The zero-order chi connectivity index (χ0) is 18.8. The Morgan fingerprint density at radius 3 is 2.59 bits per heavy atom. The number of aryl methyl sites for hydroxylation is 2. The molecule has 0 aliphatic rings. The highest BCUT2D eigenvalue weighted by atomic mass is 16.5. The molecule has 0 radical (unpaired) electrons. The molecule has 0 spiro atoms. The minimum absolute atomic E-state index is 0.245. The first-order chi connectivity index (χ1) is 13.2. The Morgan fingerprint density at radius 1 is 1.04 bits per heavy atom. The Hall–Kier alpha value is -3.34. The maximum atomic E-state index is 12.3. The van der Waals surface area contributed by atoms with Gasteiger partial charge in [-0.1, -0.05) is 36.4 Å². The monoisotopic (exact) mass is 360 g/mol. The number of H-pyrrole nitrogens is 2. The van der Waals surface area contributed by atoms with Crippen molar-refractivity contribution in [2.45, 2.75) is 19.8 Å². The fourth-order valence-corrected chi connectivity index (χ4v) is 3.43. The number of carbonyl (C=O) groups excluding carboxylic acids is 1. The Labute approximate surface area is 156 Å². The Bertz CT molecular complexity index is 1170. The fourth-order valence-electron chi connectivity index (χ4n) is 3.43. The Balaban J connectivity index is 1.80. The number of hydrogen-bond donors (Lipinski definition) is 2. The van der Waals surface area contributed by atoms with Gasteiger partial charge in [0, 0.05) is 22.5 Å². The van der Waals surface area contributed by atoms with Crippen LogP contribution >= 0.6 is 0 Å². The fraction of sp³-hybridized carbons (Fsp3) is 0.182. The normalized spacial score (nSPS) is 11.1. The van der Waals surface area contributed by atoms with Gasteiger partial charge in [-0.2, -0.15) is 0 Å². The molecule has 5 nitrogen and oxygen atoms in total. The first kappa shape index (κ1) is 17.1. The molecule has 136 valence electrons. The summed E-state index contributed by atoms with van der Waals surface area (Å²) in [6, 6.07) is 16.3. The van der Waals surface area contributed by atoms with E-state index in [1.165, 1.54) is 5.56 Å². The third kappa shape index (κ3) is 3.24. The second-order valence-electron chi connectivity index (χ2n) is 6.49. The van der Waals surface area contributed by atoms with Gasteiger partial charge in [0.1, 0.15) is 5.52 Å². The molecule has 2 aromatic carbocycles. The summed E-state index contributed by atoms with van der Waals surface area (Å²) in [4.78, 5) is 30.5. The Kier molecular flexibility index (Phi) is 4.50. The van der Waals surface area contributed by atoms with E-state index in [2.05, 4.69) is 22.1 Å². The maximum Gasteiger partial charge on any atom is 0.340 e. The summed E-state index contributed by atoms with van der Waals surface area (Å²) in [5.41, 5.74) is 3.67. The molecule has 0 saturated heterocycles. The Morgan fingerprint density at radius 2 is 1.81 bits per heavy atom. The summed E-state index contributed by atoms with van der Waals surface area (Å²) < 4.78 is 5.15. The average molecular weight is 360 g/mol. The SMILES string of the molecule is CCOC(=O)c1c[nH]c2c(=O)[nH]c3ccc(CCc4ccccc4)cc3c12. The molecule has 0 unspecified atom stereocenters. The van der Waals surface area contributed by atoms with E-state index in [1.54, 1.807) is 13.1 Å². The van der Waals surface area contributed by atoms with Crippen molar-refractivity contribution >= 4 is 27.8 Å². The van der Waals surface area contributed by atoms with Crippen molar-refractivity contribution in [3.63, 3.8) is 0 Å². The van der Waals surface area contributed by atoms with E-state index in [0.29, 0.717) is 22.0 Å². The van der Waals surface area contributed by atoms with Crippen LogP contribution in [0.3, 0.4) is 0 Å². The summed E-state index contributed by atoms with van der Waals surface area (Å²) in [5.74, 6) is -0.426. The van der Waals surface area contributed by atoms with E-state index >= 15 is 0 Å². The molecule has 0 aliphatic carbocycles. The van der Waals surface area contributed by atoms with Gasteiger partial charge in [0.2, 0.25) is 0 Å². The second kappa shape index (κ2) is 7.11. The number of nitrogens with one attached hydrogen (secondary N) is 2. The van der Waals surface area contributed by atoms with Gasteiger partial charge >= 0.3 is 5.97 Å². The van der Waals surface area contributed by atoms with Gasteiger partial charge in [0.15, 0.2) is 0 Å². The maximum absolute atomic E-state index is 12.3. The number of esters is 1. The molecular weight excluding hydrogens is 340 g/mol. The van der Waals surface area contributed by atoms with Gasteiger partial charge in [-0.05, 0) is 43.0 Å². The molecule has 0 fully saturated rings. The molecule has 2 N–H and O–H groups in total. The predicted molar refractivity (Wildman–Crippen MR) is 106 cm³/mol. The van der Waals surface area contributed by atoms with Crippen LogP contribution in [0.25, 0.3) is 21.8 Å².